The molecule has 4 rings (SSSR count). The molecule has 10 heteroatoms. The third-order valence-electron chi connectivity index (χ3n) is 3.73. The van der Waals surface area contributed by atoms with Crippen molar-refractivity contribution in [2.24, 2.45) is 0 Å². The zero-order chi connectivity index (χ0) is 19.0. The van der Waals surface area contributed by atoms with Crippen molar-refractivity contribution >= 4 is 50.7 Å². The Kier molecular flexibility index (Phi) is 4.73. The predicted octanol–water partition coefficient (Wildman–Crippen LogP) is 3.63. The van der Waals surface area contributed by atoms with Crippen LogP contribution >= 0.6 is 34.7 Å². The van der Waals surface area contributed by atoms with Crippen LogP contribution in [-0.4, -0.2) is 26.9 Å². The molecule has 0 aliphatic heterocycles. The van der Waals surface area contributed by atoms with E-state index in [1.165, 1.54) is 27.7 Å². The van der Waals surface area contributed by atoms with Crippen LogP contribution in [0.15, 0.2) is 56.8 Å². The molecule has 2 aromatic carbocycles. The Morgan fingerprint density at radius 1 is 1.19 bits per heavy atom. The fourth-order valence-corrected chi connectivity index (χ4v) is 4.33. The Labute approximate surface area is 166 Å². The standard InChI is InChI=1S/C17H12ClN5O2S2/c1-25-11-5-3-10(4-6-11)23-14(24)12-8-9(18)2-7-13(12)20-16(23)27-17-22-21-15(19)26-17/h2-8H,1H3,(H2,19,21). The van der Waals surface area contributed by atoms with Crippen molar-refractivity contribution in [2.45, 2.75) is 9.50 Å². The van der Waals surface area contributed by atoms with Crippen LogP contribution in [0.2, 0.25) is 5.02 Å². The van der Waals surface area contributed by atoms with Gasteiger partial charge in [-0.3, -0.25) is 9.36 Å². The van der Waals surface area contributed by atoms with Gasteiger partial charge in [-0.15, -0.1) is 10.2 Å². The molecule has 0 radical (unpaired) electrons. The van der Waals surface area contributed by atoms with Gasteiger partial charge in [0.25, 0.3) is 5.56 Å². The summed E-state index contributed by atoms with van der Waals surface area (Å²) in [5.41, 5.74) is 6.63. The monoisotopic (exact) mass is 417 g/mol. The third-order valence-corrected chi connectivity index (χ3v) is 5.73. The number of benzene rings is 2. The number of hydrogen-bond acceptors (Lipinski definition) is 8. The summed E-state index contributed by atoms with van der Waals surface area (Å²) in [6.07, 6.45) is 0. The van der Waals surface area contributed by atoms with Crippen molar-refractivity contribution < 1.29 is 4.74 Å². The van der Waals surface area contributed by atoms with Gasteiger partial charge < -0.3 is 10.5 Å². The van der Waals surface area contributed by atoms with Crippen LogP contribution in [0.25, 0.3) is 16.6 Å². The minimum Gasteiger partial charge on any atom is -0.497 e. The van der Waals surface area contributed by atoms with Gasteiger partial charge in [-0.25, -0.2) is 4.98 Å². The highest BCUT2D eigenvalue weighted by Crippen LogP contribution is 2.31. The van der Waals surface area contributed by atoms with Crippen LogP contribution in [0.4, 0.5) is 5.13 Å². The smallest absolute Gasteiger partial charge is 0.266 e. The number of rotatable bonds is 4. The summed E-state index contributed by atoms with van der Waals surface area (Å²) in [5, 5.41) is 9.53. The maximum absolute atomic E-state index is 13.2. The van der Waals surface area contributed by atoms with Crippen molar-refractivity contribution in [3.8, 4) is 11.4 Å². The molecule has 0 fully saturated rings. The molecule has 0 saturated carbocycles. The first-order chi connectivity index (χ1) is 13.0. The highest BCUT2D eigenvalue weighted by Gasteiger charge is 2.16. The van der Waals surface area contributed by atoms with Crippen LogP contribution in [-0.2, 0) is 0 Å². The average molecular weight is 418 g/mol. The number of methoxy groups -OCH3 is 1. The number of halogens is 1. The lowest BCUT2D eigenvalue weighted by Crippen LogP contribution is -2.21. The summed E-state index contributed by atoms with van der Waals surface area (Å²) in [5.74, 6) is 0.690. The van der Waals surface area contributed by atoms with E-state index in [0.717, 1.165) is 0 Å². The number of nitrogen functional groups attached to an aromatic ring is 1. The Morgan fingerprint density at radius 2 is 1.96 bits per heavy atom. The number of anilines is 1. The number of fused-ring (bicyclic) bond motifs is 1. The van der Waals surface area contributed by atoms with E-state index in [-0.39, 0.29) is 5.56 Å². The molecule has 0 bridgehead atoms. The summed E-state index contributed by atoms with van der Waals surface area (Å²) >= 11 is 8.53. The SMILES string of the molecule is COc1ccc(-n2c(Sc3nnc(N)s3)nc3ccc(Cl)cc3c2=O)cc1. The van der Waals surface area contributed by atoms with Crippen LogP contribution in [0.3, 0.4) is 0 Å². The van der Waals surface area contributed by atoms with Gasteiger partial charge in [-0.2, -0.15) is 0 Å². The Morgan fingerprint density at radius 3 is 2.63 bits per heavy atom. The molecule has 0 aliphatic rings. The van der Waals surface area contributed by atoms with E-state index < -0.39 is 0 Å². The first-order valence-corrected chi connectivity index (χ1v) is 9.70. The maximum atomic E-state index is 13.2. The van der Waals surface area contributed by atoms with Crippen molar-refractivity contribution in [1.29, 1.82) is 0 Å². The van der Waals surface area contributed by atoms with Gasteiger partial charge in [0, 0.05) is 5.02 Å². The fourth-order valence-electron chi connectivity index (χ4n) is 2.50. The van der Waals surface area contributed by atoms with Gasteiger partial charge >= 0.3 is 0 Å². The summed E-state index contributed by atoms with van der Waals surface area (Å²) in [7, 11) is 1.59. The van der Waals surface area contributed by atoms with Gasteiger partial charge in [0.05, 0.1) is 23.7 Å². The molecule has 0 spiro atoms. The lowest BCUT2D eigenvalue weighted by molar-refractivity contribution is 0.414. The number of nitrogens with two attached hydrogens (primary N) is 1. The molecule has 2 heterocycles. The topological polar surface area (TPSA) is 95.9 Å². The largest absolute Gasteiger partial charge is 0.497 e. The molecule has 0 atom stereocenters. The molecule has 0 saturated heterocycles. The quantitative estimate of drug-likeness (QED) is 0.506. The third kappa shape index (κ3) is 3.48. The summed E-state index contributed by atoms with van der Waals surface area (Å²) in [4.78, 5) is 17.8. The molecular weight excluding hydrogens is 406 g/mol. The van der Waals surface area contributed by atoms with Crippen LogP contribution in [0, 0.1) is 0 Å². The van der Waals surface area contributed by atoms with Gasteiger partial charge in [0.2, 0.25) is 5.13 Å². The molecule has 2 N–H and O–H groups in total. The van der Waals surface area contributed by atoms with E-state index in [0.29, 0.717) is 42.0 Å². The summed E-state index contributed by atoms with van der Waals surface area (Å²) in [6, 6.07) is 12.2. The van der Waals surface area contributed by atoms with Crippen molar-refractivity contribution in [2.75, 3.05) is 12.8 Å². The number of hydrogen-bond donors (Lipinski definition) is 1. The van der Waals surface area contributed by atoms with Crippen LogP contribution in [0.5, 0.6) is 5.75 Å². The Balaban J connectivity index is 1.95. The van der Waals surface area contributed by atoms with Crippen LogP contribution < -0.4 is 16.0 Å². The number of aromatic nitrogens is 4. The molecule has 0 unspecified atom stereocenters. The molecule has 0 amide bonds. The average Bonchev–Trinajstić information content (AvgIpc) is 3.08. The van der Waals surface area contributed by atoms with E-state index >= 15 is 0 Å². The predicted molar refractivity (Wildman–Crippen MR) is 107 cm³/mol. The fraction of sp³-hybridized carbons (Fsp3) is 0.0588. The Hall–Kier alpha value is -2.62. The second kappa shape index (κ2) is 7.18. The molecular formula is C17H12ClN5O2S2. The van der Waals surface area contributed by atoms with Crippen molar-refractivity contribution in [3.05, 3.63) is 57.8 Å². The maximum Gasteiger partial charge on any atom is 0.266 e. The second-order valence-corrected chi connectivity index (χ2v) is 8.06. The number of nitrogens with zero attached hydrogens (tertiary/aromatic N) is 4. The van der Waals surface area contributed by atoms with E-state index in [1.807, 2.05) is 0 Å². The summed E-state index contributed by atoms with van der Waals surface area (Å²) < 4.78 is 7.30. The highest BCUT2D eigenvalue weighted by atomic mass is 35.5. The first-order valence-electron chi connectivity index (χ1n) is 7.69. The zero-order valence-corrected chi connectivity index (χ0v) is 16.3. The highest BCUT2D eigenvalue weighted by molar-refractivity contribution is 8.00. The van der Waals surface area contributed by atoms with Crippen molar-refractivity contribution in [3.63, 3.8) is 0 Å². The van der Waals surface area contributed by atoms with E-state index in [2.05, 4.69) is 15.2 Å². The van der Waals surface area contributed by atoms with Crippen LogP contribution in [0.1, 0.15) is 0 Å². The Bertz CT molecular complexity index is 1190. The van der Waals surface area contributed by atoms with E-state index in [4.69, 9.17) is 22.1 Å². The van der Waals surface area contributed by atoms with Gasteiger partial charge in [0.1, 0.15) is 5.75 Å². The van der Waals surface area contributed by atoms with Gasteiger partial charge in [0.15, 0.2) is 9.50 Å². The lowest BCUT2D eigenvalue weighted by Gasteiger charge is -2.12. The van der Waals surface area contributed by atoms with Gasteiger partial charge in [-0.1, -0.05) is 22.9 Å². The molecule has 7 nitrogen and oxygen atoms in total. The molecule has 4 aromatic rings. The molecule has 2 aromatic heterocycles. The molecule has 27 heavy (non-hydrogen) atoms. The van der Waals surface area contributed by atoms with E-state index in [1.54, 1.807) is 49.6 Å². The number of ether oxygens (including phenoxy) is 1. The second-order valence-electron chi connectivity index (χ2n) is 5.40. The van der Waals surface area contributed by atoms with Gasteiger partial charge in [-0.05, 0) is 54.2 Å². The minimum atomic E-state index is -0.229. The van der Waals surface area contributed by atoms with E-state index in [9.17, 15) is 4.79 Å². The first kappa shape index (κ1) is 17.8. The molecule has 0 aliphatic carbocycles. The minimum absolute atomic E-state index is 0.229. The molecule has 136 valence electrons. The summed E-state index contributed by atoms with van der Waals surface area (Å²) in [6.45, 7) is 0. The lowest BCUT2D eigenvalue weighted by atomic mass is 10.2. The van der Waals surface area contributed by atoms with Crippen molar-refractivity contribution in [1.82, 2.24) is 19.7 Å². The zero-order valence-electron chi connectivity index (χ0n) is 13.9. The normalized spacial score (nSPS) is 11.0.